The Bertz CT molecular complexity index is 641. The highest BCUT2D eigenvalue weighted by Crippen LogP contribution is 2.11. The standard InChI is InChI=1S/C20H31N3O4/c1-12(2)18(21-13(3)4)20(26)22-14(5)19(25)23-17-9-7-16(8-10-17)11-27-15(6)24/h7-10,12-14,18,21H,11H2,1-6H3,(H,22,26)(H,23,25)/t14-,18?/m0/s1. The smallest absolute Gasteiger partial charge is 0.302 e. The third-order valence-electron chi connectivity index (χ3n) is 3.88. The van der Waals surface area contributed by atoms with Crippen LogP contribution in [0.2, 0.25) is 0 Å². The van der Waals surface area contributed by atoms with E-state index in [1.807, 2.05) is 27.7 Å². The van der Waals surface area contributed by atoms with Crippen molar-refractivity contribution in [3.05, 3.63) is 29.8 Å². The first-order chi connectivity index (χ1) is 12.6. The van der Waals surface area contributed by atoms with Crippen LogP contribution in [-0.4, -0.2) is 35.9 Å². The van der Waals surface area contributed by atoms with Crippen LogP contribution in [-0.2, 0) is 25.7 Å². The Labute approximate surface area is 161 Å². The molecule has 0 fully saturated rings. The summed E-state index contributed by atoms with van der Waals surface area (Å²) in [6.07, 6.45) is 0. The normalized spacial score (nSPS) is 13.2. The van der Waals surface area contributed by atoms with Crippen molar-refractivity contribution in [2.45, 2.75) is 66.3 Å². The minimum Gasteiger partial charge on any atom is -0.461 e. The monoisotopic (exact) mass is 377 g/mol. The Balaban J connectivity index is 2.60. The van der Waals surface area contributed by atoms with Crippen LogP contribution < -0.4 is 16.0 Å². The maximum atomic E-state index is 12.5. The Kier molecular flexibility index (Phi) is 8.94. The molecule has 2 amide bonds. The SMILES string of the molecule is CC(=O)OCc1ccc(NC(=O)[C@H](C)NC(=O)C(NC(C)C)C(C)C)cc1. The van der Waals surface area contributed by atoms with Crippen molar-refractivity contribution in [3.8, 4) is 0 Å². The highest BCUT2D eigenvalue weighted by molar-refractivity contribution is 5.97. The summed E-state index contributed by atoms with van der Waals surface area (Å²) < 4.78 is 4.92. The molecular weight excluding hydrogens is 346 g/mol. The summed E-state index contributed by atoms with van der Waals surface area (Å²) in [5, 5.41) is 8.75. The van der Waals surface area contributed by atoms with Gasteiger partial charge in [-0.3, -0.25) is 14.4 Å². The van der Waals surface area contributed by atoms with E-state index in [1.54, 1.807) is 31.2 Å². The highest BCUT2D eigenvalue weighted by Gasteiger charge is 2.25. The number of esters is 1. The first-order valence-electron chi connectivity index (χ1n) is 9.19. The molecule has 27 heavy (non-hydrogen) atoms. The van der Waals surface area contributed by atoms with Crippen molar-refractivity contribution in [2.24, 2.45) is 5.92 Å². The van der Waals surface area contributed by atoms with Crippen LogP contribution in [0.1, 0.15) is 47.1 Å². The molecule has 150 valence electrons. The summed E-state index contributed by atoms with van der Waals surface area (Å²) in [7, 11) is 0. The second kappa shape index (κ2) is 10.7. The predicted octanol–water partition coefficient (Wildman–Crippen LogP) is 2.22. The van der Waals surface area contributed by atoms with E-state index in [4.69, 9.17) is 4.74 Å². The molecule has 0 radical (unpaired) electrons. The van der Waals surface area contributed by atoms with Gasteiger partial charge in [0.05, 0.1) is 6.04 Å². The van der Waals surface area contributed by atoms with E-state index in [-0.39, 0.29) is 42.4 Å². The van der Waals surface area contributed by atoms with Crippen molar-refractivity contribution in [1.29, 1.82) is 0 Å². The summed E-state index contributed by atoms with van der Waals surface area (Å²) in [5.74, 6) is -0.739. The molecule has 7 heteroatoms. The zero-order chi connectivity index (χ0) is 20.6. The molecular formula is C20H31N3O4. The molecule has 0 aliphatic heterocycles. The summed E-state index contributed by atoms with van der Waals surface area (Å²) in [6, 6.07) is 6.11. The lowest BCUT2D eigenvalue weighted by Crippen LogP contribution is -2.53. The number of hydrogen-bond acceptors (Lipinski definition) is 5. The summed E-state index contributed by atoms with van der Waals surface area (Å²) in [4.78, 5) is 35.6. The van der Waals surface area contributed by atoms with Gasteiger partial charge in [-0.25, -0.2) is 0 Å². The first kappa shape index (κ1) is 22.6. The Morgan fingerprint density at radius 3 is 2.04 bits per heavy atom. The third-order valence-corrected chi connectivity index (χ3v) is 3.88. The number of benzene rings is 1. The molecule has 1 aromatic carbocycles. The number of amides is 2. The number of carbonyl (C=O) groups is 3. The van der Waals surface area contributed by atoms with Gasteiger partial charge in [-0.05, 0) is 30.5 Å². The minimum absolute atomic E-state index is 0.104. The number of carbonyl (C=O) groups excluding carboxylic acids is 3. The van der Waals surface area contributed by atoms with Gasteiger partial charge < -0.3 is 20.7 Å². The van der Waals surface area contributed by atoms with Gasteiger partial charge in [-0.1, -0.05) is 39.8 Å². The molecule has 0 spiro atoms. The van der Waals surface area contributed by atoms with Crippen molar-refractivity contribution in [3.63, 3.8) is 0 Å². The summed E-state index contributed by atoms with van der Waals surface area (Å²) >= 11 is 0. The molecule has 0 saturated heterocycles. The highest BCUT2D eigenvalue weighted by atomic mass is 16.5. The fourth-order valence-corrected chi connectivity index (χ4v) is 2.42. The average Bonchev–Trinajstić information content (AvgIpc) is 2.58. The van der Waals surface area contributed by atoms with Crippen LogP contribution in [0.4, 0.5) is 5.69 Å². The molecule has 0 aliphatic rings. The molecule has 2 atom stereocenters. The van der Waals surface area contributed by atoms with Gasteiger partial charge >= 0.3 is 5.97 Å². The van der Waals surface area contributed by atoms with Gasteiger partial charge in [-0.15, -0.1) is 0 Å². The second-order valence-electron chi connectivity index (χ2n) is 7.24. The van der Waals surface area contributed by atoms with E-state index in [9.17, 15) is 14.4 Å². The molecule has 0 heterocycles. The number of ether oxygens (including phenoxy) is 1. The molecule has 1 aromatic rings. The van der Waals surface area contributed by atoms with Gasteiger partial charge in [0, 0.05) is 18.7 Å². The van der Waals surface area contributed by atoms with Crippen LogP contribution >= 0.6 is 0 Å². The quantitative estimate of drug-likeness (QED) is 0.574. The van der Waals surface area contributed by atoms with E-state index in [0.717, 1.165) is 5.56 Å². The predicted molar refractivity (Wildman–Crippen MR) is 105 cm³/mol. The fourth-order valence-electron chi connectivity index (χ4n) is 2.42. The Hall–Kier alpha value is -2.41. The lowest BCUT2D eigenvalue weighted by molar-refractivity contribution is -0.142. The van der Waals surface area contributed by atoms with Crippen molar-refractivity contribution in [1.82, 2.24) is 10.6 Å². The van der Waals surface area contributed by atoms with Crippen LogP contribution in [0.15, 0.2) is 24.3 Å². The van der Waals surface area contributed by atoms with Crippen molar-refractivity contribution >= 4 is 23.5 Å². The Morgan fingerprint density at radius 1 is 0.963 bits per heavy atom. The summed E-state index contributed by atoms with van der Waals surface area (Å²) in [5.41, 5.74) is 1.43. The van der Waals surface area contributed by atoms with E-state index in [1.165, 1.54) is 6.92 Å². The zero-order valence-corrected chi connectivity index (χ0v) is 17.0. The summed E-state index contributed by atoms with van der Waals surface area (Å²) in [6.45, 7) is 11.1. The van der Waals surface area contributed by atoms with Gasteiger partial charge in [0.25, 0.3) is 0 Å². The molecule has 1 unspecified atom stereocenters. The van der Waals surface area contributed by atoms with Crippen LogP contribution in [0.5, 0.6) is 0 Å². The zero-order valence-electron chi connectivity index (χ0n) is 17.0. The minimum atomic E-state index is -0.673. The number of hydrogen-bond donors (Lipinski definition) is 3. The number of rotatable bonds is 9. The lowest BCUT2D eigenvalue weighted by Gasteiger charge is -2.25. The topological polar surface area (TPSA) is 96.5 Å². The Morgan fingerprint density at radius 2 is 1.56 bits per heavy atom. The molecule has 7 nitrogen and oxygen atoms in total. The van der Waals surface area contributed by atoms with Crippen molar-refractivity contribution < 1.29 is 19.1 Å². The van der Waals surface area contributed by atoms with Crippen LogP contribution in [0.25, 0.3) is 0 Å². The maximum Gasteiger partial charge on any atom is 0.302 e. The first-order valence-corrected chi connectivity index (χ1v) is 9.19. The lowest BCUT2D eigenvalue weighted by atomic mass is 10.0. The van der Waals surface area contributed by atoms with Gasteiger partial charge in [-0.2, -0.15) is 0 Å². The molecule has 0 aliphatic carbocycles. The van der Waals surface area contributed by atoms with Crippen molar-refractivity contribution in [2.75, 3.05) is 5.32 Å². The van der Waals surface area contributed by atoms with Gasteiger partial charge in [0.15, 0.2) is 0 Å². The van der Waals surface area contributed by atoms with E-state index < -0.39 is 6.04 Å². The van der Waals surface area contributed by atoms with E-state index in [0.29, 0.717) is 5.69 Å². The van der Waals surface area contributed by atoms with Crippen LogP contribution in [0.3, 0.4) is 0 Å². The van der Waals surface area contributed by atoms with E-state index in [2.05, 4.69) is 16.0 Å². The number of anilines is 1. The molecule has 3 N–H and O–H groups in total. The van der Waals surface area contributed by atoms with Crippen LogP contribution in [0, 0.1) is 5.92 Å². The maximum absolute atomic E-state index is 12.5. The van der Waals surface area contributed by atoms with E-state index >= 15 is 0 Å². The third kappa shape index (κ3) is 8.21. The largest absolute Gasteiger partial charge is 0.461 e. The second-order valence-corrected chi connectivity index (χ2v) is 7.24. The fraction of sp³-hybridized carbons (Fsp3) is 0.550. The molecule has 0 aromatic heterocycles. The molecule has 1 rings (SSSR count). The average molecular weight is 377 g/mol. The molecule has 0 saturated carbocycles. The van der Waals surface area contributed by atoms with Gasteiger partial charge in [0.1, 0.15) is 12.6 Å². The van der Waals surface area contributed by atoms with Gasteiger partial charge in [0.2, 0.25) is 11.8 Å². The molecule has 0 bridgehead atoms. The number of nitrogens with one attached hydrogen (secondary N) is 3.